The van der Waals surface area contributed by atoms with Crippen LogP contribution in [0.15, 0.2) is 18.2 Å². The van der Waals surface area contributed by atoms with Gasteiger partial charge in [-0.05, 0) is 43.7 Å². The minimum atomic E-state index is -3.43. The lowest BCUT2D eigenvalue weighted by molar-refractivity contribution is 0.486. The van der Waals surface area contributed by atoms with Gasteiger partial charge in [-0.25, -0.2) is 0 Å². The van der Waals surface area contributed by atoms with Gasteiger partial charge < -0.3 is 5.73 Å². The highest BCUT2D eigenvalue weighted by Crippen LogP contribution is 2.24. The van der Waals surface area contributed by atoms with E-state index in [-0.39, 0.29) is 5.92 Å². The van der Waals surface area contributed by atoms with E-state index < -0.39 is 10.2 Å². The monoisotopic (exact) mass is 269 g/mol. The van der Waals surface area contributed by atoms with E-state index in [0.717, 1.165) is 11.1 Å². The molecule has 1 unspecified atom stereocenters. The van der Waals surface area contributed by atoms with Crippen molar-refractivity contribution in [1.82, 2.24) is 4.72 Å². The van der Waals surface area contributed by atoms with Crippen LogP contribution in [0.1, 0.15) is 11.1 Å². The van der Waals surface area contributed by atoms with Crippen LogP contribution in [0.4, 0.5) is 5.69 Å². The molecule has 0 saturated carbocycles. The van der Waals surface area contributed by atoms with Gasteiger partial charge in [-0.3, -0.25) is 4.31 Å². The Labute approximate surface area is 108 Å². The van der Waals surface area contributed by atoms with Crippen LogP contribution in [0.2, 0.25) is 0 Å². The van der Waals surface area contributed by atoms with Gasteiger partial charge >= 0.3 is 10.2 Å². The van der Waals surface area contributed by atoms with Gasteiger partial charge in [0.15, 0.2) is 0 Å². The molecule has 0 aromatic heterocycles. The number of nitrogens with one attached hydrogen (secondary N) is 1. The van der Waals surface area contributed by atoms with E-state index in [1.54, 1.807) is 0 Å². The molecule has 5 nitrogen and oxygen atoms in total. The summed E-state index contributed by atoms with van der Waals surface area (Å²) in [6, 6.07) is 5.78. The molecule has 2 rings (SSSR count). The number of rotatable bonds is 2. The highest BCUT2D eigenvalue weighted by atomic mass is 32.2. The minimum absolute atomic E-state index is 0.148. The largest absolute Gasteiger partial charge is 0.330 e. The van der Waals surface area contributed by atoms with Crippen molar-refractivity contribution in [2.75, 3.05) is 23.9 Å². The molecule has 3 N–H and O–H groups in total. The van der Waals surface area contributed by atoms with Crippen molar-refractivity contribution in [1.29, 1.82) is 0 Å². The highest BCUT2D eigenvalue weighted by Gasteiger charge is 2.30. The van der Waals surface area contributed by atoms with E-state index in [1.807, 2.05) is 32.0 Å². The molecule has 0 bridgehead atoms. The number of anilines is 1. The summed E-state index contributed by atoms with van der Waals surface area (Å²) in [5.41, 5.74) is 8.44. The summed E-state index contributed by atoms with van der Waals surface area (Å²) in [5.74, 6) is 0.148. The number of hydrogen-bond acceptors (Lipinski definition) is 3. The number of hydrogen-bond donors (Lipinski definition) is 2. The van der Waals surface area contributed by atoms with Gasteiger partial charge in [0.1, 0.15) is 0 Å². The molecule has 1 aliphatic heterocycles. The predicted molar refractivity (Wildman–Crippen MR) is 72.7 cm³/mol. The average molecular weight is 269 g/mol. The summed E-state index contributed by atoms with van der Waals surface area (Å²) in [7, 11) is -3.43. The molecule has 1 atom stereocenters. The fourth-order valence-corrected chi connectivity index (χ4v) is 3.59. The fraction of sp³-hybridized carbons (Fsp3) is 0.500. The topological polar surface area (TPSA) is 75.4 Å². The second-order valence-corrected chi connectivity index (χ2v) is 6.51. The quantitative estimate of drug-likeness (QED) is 0.822. The molecular formula is C12H19N3O2S. The van der Waals surface area contributed by atoms with Gasteiger partial charge in [-0.1, -0.05) is 6.07 Å². The van der Waals surface area contributed by atoms with Gasteiger partial charge in [-0.15, -0.1) is 0 Å². The number of nitrogens with two attached hydrogens (primary N) is 1. The number of nitrogens with zero attached hydrogens (tertiary/aromatic N) is 1. The first kappa shape index (κ1) is 13.3. The smallest absolute Gasteiger partial charge is 0.301 e. The normalized spacial score (nSPS) is 23.1. The van der Waals surface area contributed by atoms with Crippen LogP contribution in [-0.2, 0) is 10.2 Å². The Morgan fingerprint density at radius 1 is 1.33 bits per heavy atom. The lowest BCUT2D eigenvalue weighted by atomic mass is 10.1. The zero-order valence-corrected chi connectivity index (χ0v) is 11.5. The Morgan fingerprint density at radius 3 is 2.50 bits per heavy atom. The van der Waals surface area contributed by atoms with E-state index in [2.05, 4.69) is 4.72 Å². The molecule has 6 heteroatoms. The van der Waals surface area contributed by atoms with Crippen molar-refractivity contribution in [3.05, 3.63) is 29.3 Å². The Kier molecular flexibility index (Phi) is 3.61. The average Bonchev–Trinajstić information content (AvgIpc) is 2.27. The molecule has 1 aliphatic rings. The van der Waals surface area contributed by atoms with E-state index in [4.69, 9.17) is 5.73 Å². The fourth-order valence-electron chi connectivity index (χ4n) is 2.19. The van der Waals surface area contributed by atoms with Gasteiger partial charge in [-0.2, -0.15) is 13.1 Å². The zero-order chi connectivity index (χ0) is 13.3. The minimum Gasteiger partial charge on any atom is -0.330 e. The maximum Gasteiger partial charge on any atom is 0.301 e. The van der Waals surface area contributed by atoms with E-state index in [9.17, 15) is 8.42 Å². The molecule has 18 heavy (non-hydrogen) atoms. The van der Waals surface area contributed by atoms with Crippen LogP contribution in [0.3, 0.4) is 0 Å². The van der Waals surface area contributed by atoms with Crippen molar-refractivity contribution in [2.45, 2.75) is 13.8 Å². The van der Waals surface area contributed by atoms with Crippen LogP contribution >= 0.6 is 0 Å². The second-order valence-electron chi connectivity index (χ2n) is 4.83. The molecule has 0 aliphatic carbocycles. The Hall–Kier alpha value is -1.11. The molecule has 1 heterocycles. The van der Waals surface area contributed by atoms with Gasteiger partial charge in [0.2, 0.25) is 0 Å². The van der Waals surface area contributed by atoms with E-state index in [1.165, 1.54) is 4.31 Å². The third-order valence-corrected chi connectivity index (χ3v) is 4.57. The lowest BCUT2D eigenvalue weighted by Gasteiger charge is -2.33. The maximum atomic E-state index is 12.0. The van der Waals surface area contributed by atoms with Crippen LogP contribution in [-0.4, -0.2) is 28.1 Å². The summed E-state index contributed by atoms with van der Waals surface area (Å²) in [4.78, 5) is 0. The summed E-state index contributed by atoms with van der Waals surface area (Å²) in [5, 5.41) is 0. The van der Waals surface area contributed by atoms with Crippen molar-refractivity contribution in [3.8, 4) is 0 Å². The van der Waals surface area contributed by atoms with Gasteiger partial charge in [0.25, 0.3) is 0 Å². The summed E-state index contributed by atoms with van der Waals surface area (Å²) < 4.78 is 28.1. The third kappa shape index (κ3) is 2.66. The predicted octanol–water partition coefficient (Wildman–Crippen LogP) is 0.533. The first-order chi connectivity index (χ1) is 8.42. The van der Waals surface area contributed by atoms with Crippen LogP contribution < -0.4 is 14.8 Å². The number of benzene rings is 1. The van der Waals surface area contributed by atoms with Crippen molar-refractivity contribution in [3.63, 3.8) is 0 Å². The summed E-state index contributed by atoms with van der Waals surface area (Å²) in [6.45, 7) is 5.25. The summed E-state index contributed by atoms with van der Waals surface area (Å²) in [6.07, 6.45) is 0. The van der Waals surface area contributed by atoms with E-state index >= 15 is 0 Å². The van der Waals surface area contributed by atoms with Gasteiger partial charge in [0.05, 0.1) is 5.69 Å². The molecule has 1 saturated heterocycles. The summed E-state index contributed by atoms with van der Waals surface area (Å²) >= 11 is 0. The standard InChI is InChI=1S/C12H19N3O2S/c1-9-3-10(2)5-12(4-9)15-8-11(6-13)7-14-18(15,16)17/h3-5,11,14H,6-8,13H2,1-2H3. The molecule has 100 valence electrons. The zero-order valence-electron chi connectivity index (χ0n) is 10.7. The Morgan fingerprint density at radius 2 is 1.94 bits per heavy atom. The van der Waals surface area contributed by atoms with E-state index in [0.29, 0.717) is 25.3 Å². The van der Waals surface area contributed by atoms with Crippen LogP contribution in [0.25, 0.3) is 0 Å². The molecule has 0 spiro atoms. The SMILES string of the molecule is Cc1cc(C)cc(N2CC(CN)CNS2(=O)=O)c1. The Balaban J connectivity index is 2.39. The molecule has 0 amide bonds. The first-order valence-electron chi connectivity index (χ1n) is 5.98. The molecular weight excluding hydrogens is 250 g/mol. The van der Waals surface area contributed by atoms with Crippen LogP contribution in [0.5, 0.6) is 0 Å². The van der Waals surface area contributed by atoms with Crippen molar-refractivity contribution < 1.29 is 8.42 Å². The second kappa shape index (κ2) is 4.87. The highest BCUT2D eigenvalue weighted by molar-refractivity contribution is 7.90. The first-order valence-corrected chi connectivity index (χ1v) is 7.42. The maximum absolute atomic E-state index is 12.0. The lowest BCUT2D eigenvalue weighted by Crippen LogP contribution is -2.53. The third-order valence-electron chi connectivity index (χ3n) is 3.10. The Bertz CT molecular complexity index is 522. The van der Waals surface area contributed by atoms with Gasteiger partial charge in [0, 0.05) is 19.0 Å². The molecule has 1 fully saturated rings. The number of aryl methyl sites for hydroxylation is 2. The molecule has 0 radical (unpaired) electrons. The van der Waals surface area contributed by atoms with Crippen LogP contribution in [0, 0.1) is 19.8 Å². The molecule has 1 aromatic rings. The van der Waals surface area contributed by atoms with Crippen molar-refractivity contribution >= 4 is 15.9 Å². The van der Waals surface area contributed by atoms with Crippen molar-refractivity contribution in [2.24, 2.45) is 11.7 Å². The molecule has 1 aromatic carbocycles.